The van der Waals surface area contributed by atoms with E-state index in [1.165, 1.54) is 10.8 Å². The third-order valence-corrected chi connectivity index (χ3v) is 3.68. The maximum absolute atomic E-state index is 12.3. The molecular formula is C18H17O. The number of rotatable bonds is 3. The highest BCUT2D eigenvalue weighted by Crippen LogP contribution is 2.30. The highest BCUT2D eigenvalue weighted by Gasteiger charge is 2.12. The first kappa shape index (κ1) is 12.2. The summed E-state index contributed by atoms with van der Waals surface area (Å²) in [5, 5.41) is 17.0. The summed E-state index contributed by atoms with van der Waals surface area (Å²) in [6.07, 6.45) is 1.01. The first-order valence-electron chi connectivity index (χ1n) is 6.87. The molecule has 1 atom stereocenters. The van der Waals surface area contributed by atoms with Gasteiger partial charge in [0.2, 0.25) is 0 Å². The fraction of sp³-hybridized carbons (Fsp3) is 0.222. The Morgan fingerprint density at radius 3 is 2.32 bits per heavy atom. The van der Waals surface area contributed by atoms with Crippen molar-refractivity contribution in [3.05, 3.63) is 60.2 Å². The van der Waals surface area contributed by atoms with Crippen LogP contribution in [0.5, 0.6) is 0 Å². The predicted molar refractivity (Wildman–Crippen MR) is 79.8 cm³/mol. The van der Waals surface area contributed by atoms with Crippen molar-refractivity contribution in [1.82, 2.24) is 0 Å². The van der Waals surface area contributed by atoms with Gasteiger partial charge in [-0.15, -0.1) is 0 Å². The number of fused-ring (bicyclic) bond motifs is 2. The highest BCUT2D eigenvalue weighted by molar-refractivity contribution is 5.99. The van der Waals surface area contributed by atoms with Crippen LogP contribution in [0, 0.1) is 0 Å². The molecule has 0 spiro atoms. The zero-order valence-corrected chi connectivity index (χ0v) is 11.1. The van der Waals surface area contributed by atoms with E-state index >= 15 is 0 Å². The lowest BCUT2D eigenvalue weighted by Crippen LogP contribution is -1.96. The summed E-state index contributed by atoms with van der Waals surface area (Å²) in [5.74, 6) is 0. The standard InChI is InChI=1S/C18H17O/c1-2-6-18(19)16-10-5-9-15-11-13-7-3-4-8-14(13)12-17(15)16/h3-5,7-12,18H,2,6H2,1H3. The summed E-state index contributed by atoms with van der Waals surface area (Å²) in [4.78, 5) is 0. The van der Waals surface area contributed by atoms with Crippen LogP contribution < -0.4 is 0 Å². The Hall–Kier alpha value is -1.86. The van der Waals surface area contributed by atoms with E-state index in [9.17, 15) is 5.11 Å². The molecule has 1 heteroatoms. The number of hydrogen-bond acceptors (Lipinski definition) is 0. The second-order valence-electron chi connectivity index (χ2n) is 5.05. The summed E-state index contributed by atoms with van der Waals surface area (Å²) >= 11 is 0. The van der Waals surface area contributed by atoms with Crippen molar-refractivity contribution in [3.8, 4) is 0 Å². The molecule has 0 aliphatic carbocycles. The van der Waals surface area contributed by atoms with Gasteiger partial charge in [-0.3, -0.25) is 0 Å². The van der Waals surface area contributed by atoms with Crippen molar-refractivity contribution in [2.24, 2.45) is 0 Å². The van der Waals surface area contributed by atoms with Gasteiger partial charge in [0.25, 0.3) is 0 Å². The van der Waals surface area contributed by atoms with Gasteiger partial charge in [0, 0.05) is 0 Å². The summed E-state index contributed by atoms with van der Waals surface area (Å²) in [5.41, 5.74) is 0.935. The zero-order chi connectivity index (χ0) is 13.2. The van der Waals surface area contributed by atoms with E-state index in [0.717, 1.165) is 22.8 Å². The van der Waals surface area contributed by atoms with E-state index in [4.69, 9.17) is 0 Å². The maximum Gasteiger partial charge on any atom is 0.119 e. The topological polar surface area (TPSA) is 19.9 Å². The Balaban J connectivity index is 2.26. The van der Waals surface area contributed by atoms with E-state index in [-0.39, 0.29) is 0 Å². The van der Waals surface area contributed by atoms with E-state index in [1.54, 1.807) is 0 Å². The van der Waals surface area contributed by atoms with Gasteiger partial charge in [-0.2, -0.15) is 0 Å². The summed E-state index contributed by atoms with van der Waals surface area (Å²) in [6.45, 7) is 2.06. The van der Waals surface area contributed by atoms with Crippen molar-refractivity contribution in [2.75, 3.05) is 0 Å². The van der Waals surface area contributed by atoms with Crippen molar-refractivity contribution < 1.29 is 5.11 Å². The molecule has 3 aromatic rings. The molecule has 0 saturated carbocycles. The number of hydrogen-bond donors (Lipinski definition) is 0. The van der Waals surface area contributed by atoms with Gasteiger partial charge in [0.1, 0.15) is 6.10 Å². The lowest BCUT2D eigenvalue weighted by molar-refractivity contribution is 0.0818. The summed E-state index contributed by atoms with van der Waals surface area (Å²) < 4.78 is 0. The van der Waals surface area contributed by atoms with Gasteiger partial charge in [-0.25, -0.2) is 5.11 Å². The lowest BCUT2D eigenvalue weighted by atomic mass is 9.95. The third-order valence-electron chi connectivity index (χ3n) is 3.68. The van der Waals surface area contributed by atoms with Gasteiger partial charge in [0.15, 0.2) is 0 Å². The molecule has 1 nitrogen and oxygen atoms in total. The molecule has 1 radical (unpaired) electrons. The summed E-state index contributed by atoms with van der Waals surface area (Å²) in [7, 11) is 0. The molecule has 0 N–H and O–H groups in total. The molecule has 0 aromatic heterocycles. The number of benzene rings is 3. The average Bonchev–Trinajstić information content (AvgIpc) is 2.44. The fourth-order valence-corrected chi connectivity index (χ4v) is 2.69. The van der Waals surface area contributed by atoms with Crippen LogP contribution in [0.1, 0.15) is 31.4 Å². The lowest BCUT2D eigenvalue weighted by Gasteiger charge is -2.12. The molecule has 0 fully saturated rings. The Morgan fingerprint density at radius 2 is 1.58 bits per heavy atom. The Kier molecular flexibility index (Phi) is 3.22. The molecule has 0 aliphatic heterocycles. The van der Waals surface area contributed by atoms with Gasteiger partial charge >= 0.3 is 0 Å². The van der Waals surface area contributed by atoms with Crippen molar-refractivity contribution in [3.63, 3.8) is 0 Å². The van der Waals surface area contributed by atoms with Crippen LogP contribution in [0.2, 0.25) is 0 Å². The molecule has 0 bridgehead atoms. The quantitative estimate of drug-likeness (QED) is 0.564. The Bertz CT molecular complexity index is 715. The molecule has 3 rings (SSSR count). The molecule has 0 saturated heterocycles. The van der Waals surface area contributed by atoms with Crippen LogP contribution in [0.3, 0.4) is 0 Å². The minimum atomic E-state index is -0.616. The van der Waals surface area contributed by atoms with Crippen LogP contribution in [0.25, 0.3) is 21.5 Å². The molecule has 0 amide bonds. The minimum absolute atomic E-state index is 0.616. The SMILES string of the molecule is CCCC([O])c1cccc2cc3ccccc3cc12. The molecule has 0 heterocycles. The minimum Gasteiger partial charge on any atom is -0.228 e. The summed E-state index contributed by atoms with van der Waals surface area (Å²) in [6, 6.07) is 18.7. The van der Waals surface area contributed by atoms with E-state index < -0.39 is 6.10 Å². The molecule has 1 unspecified atom stereocenters. The monoisotopic (exact) mass is 249 g/mol. The zero-order valence-electron chi connectivity index (χ0n) is 11.1. The predicted octanol–water partition coefficient (Wildman–Crippen LogP) is 5.26. The molecule has 0 aliphatic rings. The van der Waals surface area contributed by atoms with Gasteiger partial charge < -0.3 is 0 Å². The van der Waals surface area contributed by atoms with Crippen LogP contribution in [-0.4, -0.2) is 0 Å². The Morgan fingerprint density at radius 1 is 0.895 bits per heavy atom. The average molecular weight is 249 g/mol. The smallest absolute Gasteiger partial charge is 0.119 e. The molecule has 3 aromatic carbocycles. The van der Waals surface area contributed by atoms with E-state index in [0.29, 0.717) is 6.42 Å². The van der Waals surface area contributed by atoms with Gasteiger partial charge in [0.05, 0.1) is 0 Å². The van der Waals surface area contributed by atoms with E-state index in [2.05, 4.69) is 37.3 Å². The fourth-order valence-electron chi connectivity index (χ4n) is 2.69. The molecular weight excluding hydrogens is 232 g/mol. The van der Waals surface area contributed by atoms with Crippen LogP contribution in [-0.2, 0) is 5.11 Å². The van der Waals surface area contributed by atoms with Crippen molar-refractivity contribution in [2.45, 2.75) is 25.9 Å². The third kappa shape index (κ3) is 2.22. The largest absolute Gasteiger partial charge is 0.228 e. The van der Waals surface area contributed by atoms with Gasteiger partial charge in [-0.05, 0) is 45.7 Å². The first-order valence-corrected chi connectivity index (χ1v) is 6.87. The highest BCUT2D eigenvalue weighted by atomic mass is 16.3. The Labute approximate surface area is 113 Å². The van der Waals surface area contributed by atoms with Crippen molar-refractivity contribution in [1.29, 1.82) is 0 Å². The normalized spacial score (nSPS) is 12.9. The van der Waals surface area contributed by atoms with E-state index in [1.807, 2.05) is 24.3 Å². The van der Waals surface area contributed by atoms with Crippen LogP contribution in [0.4, 0.5) is 0 Å². The second-order valence-corrected chi connectivity index (χ2v) is 5.05. The maximum atomic E-state index is 12.3. The van der Waals surface area contributed by atoms with Crippen molar-refractivity contribution >= 4 is 21.5 Å². The van der Waals surface area contributed by atoms with Crippen LogP contribution >= 0.6 is 0 Å². The van der Waals surface area contributed by atoms with Crippen LogP contribution in [0.15, 0.2) is 54.6 Å². The van der Waals surface area contributed by atoms with Gasteiger partial charge in [-0.1, -0.05) is 55.8 Å². The molecule has 95 valence electrons. The molecule has 19 heavy (non-hydrogen) atoms. The second kappa shape index (κ2) is 5.02. The first-order chi connectivity index (χ1) is 9.29.